The Morgan fingerprint density at radius 2 is 1.68 bits per heavy atom. The molecule has 0 aliphatic carbocycles. The third-order valence-corrected chi connectivity index (χ3v) is 7.93. The van der Waals surface area contributed by atoms with Gasteiger partial charge in [0.05, 0.1) is 18.6 Å². The van der Waals surface area contributed by atoms with Crippen LogP contribution in [-0.2, 0) is 14.9 Å². The lowest BCUT2D eigenvalue weighted by Crippen LogP contribution is -2.32. The van der Waals surface area contributed by atoms with E-state index in [1.54, 1.807) is 48.5 Å². The van der Waals surface area contributed by atoms with Gasteiger partial charge in [-0.05, 0) is 67.2 Å². The molecule has 37 heavy (non-hydrogen) atoms. The van der Waals surface area contributed by atoms with Gasteiger partial charge in [-0.25, -0.2) is 0 Å². The number of ether oxygens (including phenoxy) is 2. The average molecular weight is 605 g/mol. The number of benzene rings is 3. The van der Waals surface area contributed by atoms with Crippen LogP contribution in [-0.4, -0.2) is 44.7 Å². The Kier molecular flexibility index (Phi) is 8.25. The highest BCUT2D eigenvalue weighted by Gasteiger charge is 2.35. The van der Waals surface area contributed by atoms with Crippen LogP contribution in [0.4, 0.5) is 4.79 Å². The summed E-state index contributed by atoms with van der Waals surface area (Å²) in [4.78, 5) is 26.8. The van der Waals surface area contributed by atoms with Gasteiger partial charge < -0.3 is 13.7 Å². The molecule has 192 valence electrons. The third-order valence-electron chi connectivity index (χ3n) is 5.28. The minimum atomic E-state index is -4.12. The molecule has 0 saturated carbocycles. The van der Waals surface area contributed by atoms with Gasteiger partial charge in [0.1, 0.15) is 17.3 Å². The number of rotatable bonds is 9. The first-order valence-corrected chi connectivity index (χ1v) is 14.0. The van der Waals surface area contributed by atoms with Crippen LogP contribution in [0.2, 0.25) is 0 Å². The van der Waals surface area contributed by atoms with Crippen molar-refractivity contribution in [2.45, 2.75) is 11.8 Å². The van der Waals surface area contributed by atoms with Gasteiger partial charge in [0.25, 0.3) is 11.1 Å². The first-order valence-electron chi connectivity index (χ1n) is 11.0. The molecular formula is C26H22BrNO7S2. The maximum Gasteiger partial charge on any atom is 0.339 e. The molecule has 2 amide bonds. The maximum absolute atomic E-state index is 13.0. The van der Waals surface area contributed by atoms with Gasteiger partial charge in [-0.1, -0.05) is 45.8 Å². The summed E-state index contributed by atoms with van der Waals surface area (Å²) in [5.74, 6) is 0.554. The monoisotopic (exact) mass is 603 g/mol. The van der Waals surface area contributed by atoms with Crippen LogP contribution < -0.4 is 13.7 Å². The summed E-state index contributed by atoms with van der Waals surface area (Å²) in [6, 6.07) is 18.0. The van der Waals surface area contributed by atoms with Crippen molar-refractivity contribution < 1.29 is 31.7 Å². The molecule has 0 spiro atoms. The number of para-hydroxylation sites is 2. The van der Waals surface area contributed by atoms with Crippen molar-refractivity contribution in [3.05, 3.63) is 87.2 Å². The van der Waals surface area contributed by atoms with E-state index in [-0.39, 0.29) is 28.7 Å². The molecule has 1 saturated heterocycles. The number of hydrogen-bond acceptors (Lipinski definition) is 8. The van der Waals surface area contributed by atoms with Gasteiger partial charge in [-0.3, -0.25) is 14.5 Å². The van der Waals surface area contributed by atoms with Gasteiger partial charge in [-0.15, -0.1) is 0 Å². The number of thioether (sulfide) groups is 1. The average Bonchev–Trinajstić information content (AvgIpc) is 3.13. The molecule has 4 rings (SSSR count). The minimum Gasteiger partial charge on any atom is -0.493 e. The van der Waals surface area contributed by atoms with Crippen LogP contribution in [0.15, 0.2) is 81.0 Å². The predicted molar refractivity (Wildman–Crippen MR) is 144 cm³/mol. The molecule has 0 aromatic heterocycles. The highest BCUT2D eigenvalue weighted by Crippen LogP contribution is 2.36. The van der Waals surface area contributed by atoms with Crippen molar-refractivity contribution in [2.24, 2.45) is 0 Å². The number of halogens is 1. The van der Waals surface area contributed by atoms with E-state index in [2.05, 4.69) is 15.9 Å². The van der Waals surface area contributed by atoms with E-state index in [1.165, 1.54) is 31.4 Å². The van der Waals surface area contributed by atoms with Crippen molar-refractivity contribution in [3.63, 3.8) is 0 Å². The van der Waals surface area contributed by atoms with Gasteiger partial charge >= 0.3 is 10.1 Å². The zero-order valence-corrected chi connectivity index (χ0v) is 23.1. The molecule has 0 unspecified atom stereocenters. The molecule has 3 aromatic carbocycles. The first kappa shape index (κ1) is 26.8. The summed E-state index contributed by atoms with van der Waals surface area (Å²) in [5.41, 5.74) is 1.23. The summed E-state index contributed by atoms with van der Waals surface area (Å²) in [6.07, 6.45) is 1.44. The van der Waals surface area contributed by atoms with Crippen LogP contribution >= 0.6 is 27.7 Å². The predicted octanol–water partition coefficient (Wildman–Crippen LogP) is 5.65. The second-order valence-corrected chi connectivity index (χ2v) is 11.3. The molecule has 1 fully saturated rings. The van der Waals surface area contributed by atoms with E-state index in [0.29, 0.717) is 21.5 Å². The lowest BCUT2D eigenvalue weighted by molar-refractivity contribution is -0.123. The van der Waals surface area contributed by atoms with Gasteiger partial charge in [0.2, 0.25) is 0 Å². The van der Waals surface area contributed by atoms with Gasteiger partial charge in [-0.2, -0.15) is 8.42 Å². The van der Waals surface area contributed by atoms with Gasteiger partial charge in [0.15, 0.2) is 11.5 Å². The fourth-order valence-corrected chi connectivity index (χ4v) is 5.59. The molecule has 1 heterocycles. The molecule has 0 bridgehead atoms. The summed E-state index contributed by atoms with van der Waals surface area (Å²) in [7, 11) is -2.60. The second-order valence-electron chi connectivity index (χ2n) is 7.87. The second kappa shape index (κ2) is 11.4. The van der Waals surface area contributed by atoms with Crippen molar-refractivity contribution in [3.8, 4) is 17.2 Å². The zero-order chi connectivity index (χ0) is 26.6. The molecule has 0 radical (unpaired) electrons. The number of imide groups is 1. The highest BCUT2D eigenvalue weighted by atomic mass is 79.9. The van der Waals surface area contributed by atoms with Crippen LogP contribution in [0, 0.1) is 6.92 Å². The maximum atomic E-state index is 13.0. The Balaban J connectivity index is 1.51. The molecule has 11 heteroatoms. The van der Waals surface area contributed by atoms with E-state index in [1.807, 2.05) is 6.92 Å². The lowest BCUT2D eigenvalue weighted by atomic mass is 10.2. The normalized spacial score (nSPS) is 14.8. The highest BCUT2D eigenvalue weighted by molar-refractivity contribution is 9.10. The first-order chi connectivity index (χ1) is 17.7. The van der Waals surface area contributed by atoms with Gasteiger partial charge in [0, 0.05) is 10.0 Å². The number of hydrogen-bond donors (Lipinski definition) is 0. The third kappa shape index (κ3) is 6.35. The van der Waals surface area contributed by atoms with E-state index < -0.39 is 21.3 Å². The lowest BCUT2D eigenvalue weighted by Gasteiger charge is -2.14. The van der Waals surface area contributed by atoms with Crippen LogP contribution in [0.1, 0.15) is 11.1 Å². The number of carbonyl (C=O) groups is 2. The van der Waals surface area contributed by atoms with Crippen molar-refractivity contribution in [1.82, 2.24) is 4.90 Å². The summed E-state index contributed by atoms with van der Waals surface area (Å²) in [6.45, 7) is 1.96. The minimum absolute atomic E-state index is 0.00217. The number of methoxy groups -OCH3 is 1. The molecule has 8 nitrogen and oxygen atoms in total. The van der Waals surface area contributed by atoms with E-state index in [0.717, 1.165) is 22.2 Å². The molecule has 3 aromatic rings. The Morgan fingerprint density at radius 3 is 2.38 bits per heavy atom. The summed E-state index contributed by atoms with van der Waals surface area (Å²) in [5, 5.41) is -0.454. The Labute approximate surface area is 227 Å². The largest absolute Gasteiger partial charge is 0.493 e. The Hall–Kier alpha value is -3.28. The molecular weight excluding hydrogens is 582 g/mol. The summed E-state index contributed by atoms with van der Waals surface area (Å²) >= 11 is 4.11. The smallest absolute Gasteiger partial charge is 0.339 e. The Bertz CT molecular complexity index is 1470. The number of aryl methyl sites for hydroxylation is 1. The van der Waals surface area contributed by atoms with E-state index in [4.69, 9.17) is 13.7 Å². The number of carbonyl (C=O) groups excluding carboxylic acids is 2. The molecule has 0 N–H and O–H groups in total. The van der Waals surface area contributed by atoms with Crippen LogP contribution in [0.25, 0.3) is 6.08 Å². The number of amides is 2. The zero-order valence-electron chi connectivity index (χ0n) is 19.8. The molecule has 1 aliphatic heterocycles. The summed E-state index contributed by atoms with van der Waals surface area (Å²) < 4.78 is 42.6. The fourth-order valence-electron chi connectivity index (χ4n) is 3.40. The van der Waals surface area contributed by atoms with E-state index >= 15 is 0 Å². The van der Waals surface area contributed by atoms with Crippen LogP contribution in [0.5, 0.6) is 17.2 Å². The van der Waals surface area contributed by atoms with Crippen molar-refractivity contribution >= 4 is 55.0 Å². The number of nitrogens with zero attached hydrogens (tertiary/aromatic N) is 1. The standard InChI is InChI=1S/C26H22BrNO7S2/c1-17-7-10-20(11-8-17)37(31,32)35-21-12-9-19(27)15-18(21)16-24-25(29)28(26(30)36-24)13-14-34-23-6-4-3-5-22(23)33-2/h3-12,15-16H,13-14H2,1-2H3/b24-16-. The van der Waals surface area contributed by atoms with Crippen molar-refractivity contribution in [2.75, 3.05) is 20.3 Å². The Morgan fingerprint density at radius 1 is 0.973 bits per heavy atom. The topological polar surface area (TPSA) is 99.2 Å². The van der Waals surface area contributed by atoms with E-state index in [9.17, 15) is 18.0 Å². The SMILES string of the molecule is COc1ccccc1OCCN1C(=O)S/C(=C\c2cc(Br)ccc2OS(=O)(=O)c2ccc(C)cc2)C1=O. The van der Waals surface area contributed by atoms with Crippen LogP contribution in [0.3, 0.4) is 0 Å². The van der Waals surface area contributed by atoms with Crippen molar-refractivity contribution in [1.29, 1.82) is 0 Å². The quantitative estimate of drug-likeness (QED) is 0.228. The molecule has 0 atom stereocenters. The molecule has 1 aliphatic rings. The fraction of sp³-hybridized carbons (Fsp3) is 0.154.